The fourth-order valence-corrected chi connectivity index (χ4v) is 2.12. The molecule has 0 aliphatic carbocycles. The molecule has 90 valence electrons. The zero-order valence-electron chi connectivity index (χ0n) is 10.8. The maximum absolute atomic E-state index is 2.52. The monoisotopic (exact) mass is 227 g/mol. The lowest BCUT2D eigenvalue weighted by Gasteiger charge is -2.29. The Morgan fingerprint density at radius 1 is 1.12 bits per heavy atom. The highest BCUT2D eigenvalue weighted by molar-refractivity contribution is 5.53. The first-order valence-corrected chi connectivity index (χ1v) is 6.42. The molecule has 1 aliphatic rings. The van der Waals surface area contributed by atoms with Crippen LogP contribution in [-0.2, 0) is 0 Å². The Balaban J connectivity index is 2.00. The standard InChI is InChI=1S/C16H21N/c1-14(2)17-12-6-9-16(13-17)11-10-15-7-4-3-5-8-15/h3-5,7-11,14H,6,12-13H2,1-2H3. The van der Waals surface area contributed by atoms with E-state index in [4.69, 9.17) is 0 Å². The van der Waals surface area contributed by atoms with E-state index in [1.165, 1.54) is 24.1 Å². The Labute approximate surface area is 104 Å². The van der Waals surface area contributed by atoms with Gasteiger partial charge in [0.2, 0.25) is 0 Å². The molecule has 1 heterocycles. The maximum Gasteiger partial charge on any atom is 0.0233 e. The molecule has 0 fully saturated rings. The zero-order valence-corrected chi connectivity index (χ0v) is 10.8. The third-order valence-corrected chi connectivity index (χ3v) is 3.23. The van der Waals surface area contributed by atoms with Crippen LogP contribution in [0.25, 0.3) is 6.08 Å². The molecule has 2 rings (SSSR count). The minimum absolute atomic E-state index is 0.642. The highest BCUT2D eigenvalue weighted by Gasteiger charge is 2.13. The molecule has 1 aromatic rings. The average molecular weight is 227 g/mol. The summed E-state index contributed by atoms with van der Waals surface area (Å²) in [5, 5.41) is 0. The third-order valence-electron chi connectivity index (χ3n) is 3.23. The van der Waals surface area contributed by atoms with E-state index in [1.807, 2.05) is 0 Å². The van der Waals surface area contributed by atoms with Crippen LogP contribution in [0.5, 0.6) is 0 Å². The lowest BCUT2D eigenvalue weighted by molar-refractivity contribution is 0.238. The van der Waals surface area contributed by atoms with E-state index in [9.17, 15) is 0 Å². The van der Waals surface area contributed by atoms with E-state index in [-0.39, 0.29) is 0 Å². The number of rotatable bonds is 3. The Morgan fingerprint density at radius 2 is 1.88 bits per heavy atom. The molecule has 1 nitrogen and oxygen atoms in total. The predicted octanol–water partition coefficient (Wildman–Crippen LogP) is 3.74. The molecule has 1 aliphatic heterocycles. The zero-order chi connectivity index (χ0) is 12.1. The molecular weight excluding hydrogens is 206 g/mol. The molecule has 0 aromatic heterocycles. The average Bonchev–Trinajstić information content (AvgIpc) is 2.38. The van der Waals surface area contributed by atoms with Gasteiger partial charge in [-0.15, -0.1) is 0 Å². The molecule has 0 spiro atoms. The van der Waals surface area contributed by atoms with Crippen LogP contribution in [-0.4, -0.2) is 24.0 Å². The second-order valence-electron chi connectivity index (χ2n) is 4.88. The van der Waals surface area contributed by atoms with Gasteiger partial charge >= 0.3 is 0 Å². The van der Waals surface area contributed by atoms with Gasteiger partial charge in [0.1, 0.15) is 0 Å². The predicted molar refractivity (Wildman–Crippen MR) is 74.9 cm³/mol. The van der Waals surface area contributed by atoms with Crippen LogP contribution in [0.3, 0.4) is 0 Å². The first-order valence-electron chi connectivity index (χ1n) is 6.42. The summed E-state index contributed by atoms with van der Waals surface area (Å²) in [5.41, 5.74) is 2.71. The van der Waals surface area contributed by atoms with E-state index >= 15 is 0 Å². The van der Waals surface area contributed by atoms with Crippen LogP contribution >= 0.6 is 0 Å². The van der Waals surface area contributed by atoms with Crippen molar-refractivity contribution in [3.05, 3.63) is 53.6 Å². The first-order chi connectivity index (χ1) is 8.25. The molecule has 0 saturated carbocycles. The van der Waals surface area contributed by atoms with Crippen LogP contribution in [0.4, 0.5) is 0 Å². The van der Waals surface area contributed by atoms with Crippen LogP contribution in [0, 0.1) is 0 Å². The van der Waals surface area contributed by atoms with E-state index in [0.29, 0.717) is 6.04 Å². The lowest BCUT2D eigenvalue weighted by Crippen LogP contribution is -2.35. The fraction of sp³-hybridized carbons (Fsp3) is 0.375. The van der Waals surface area contributed by atoms with Crippen LogP contribution in [0.1, 0.15) is 25.8 Å². The molecule has 1 heteroatoms. The van der Waals surface area contributed by atoms with Crippen molar-refractivity contribution in [3.63, 3.8) is 0 Å². The molecule has 1 aromatic carbocycles. The van der Waals surface area contributed by atoms with Crippen molar-refractivity contribution < 1.29 is 0 Å². The Morgan fingerprint density at radius 3 is 2.59 bits per heavy atom. The van der Waals surface area contributed by atoms with Gasteiger partial charge in [0, 0.05) is 19.1 Å². The highest BCUT2D eigenvalue weighted by atomic mass is 15.1. The van der Waals surface area contributed by atoms with Crippen molar-refractivity contribution >= 4 is 6.08 Å². The van der Waals surface area contributed by atoms with Crippen molar-refractivity contribution in [3.8, 4) is 0 Å². The van der Waals surface area contributed by atoms with Crippen molar-refractivity contribution in [1.82, 2.24) is 4.90 Å². The summed E-state index contributed by atoms with van der Waals surface area (Å²) in [4.78, 5) is 2.52. The van der Waals surface area contributed by atoms with Crippen LogP contribution in [0.2, 0.25) is 0 Å². The summed E-state index contributed by atoms with van der Waals surface area (Å²) in [5.74, 6) is 0. The fourth-order valence-electron chi connectivity index (χ4n) is 2.12. The largest absolute Gasteiger partial charge is 0.296 e. The van der Waals surface area contributed by atoms with Crippen LogP contribution in [0.15, 0.2) is 48.1 Å². The Bertz CT molecular complexity index is 401. The van der Waals surface area contributed by atoms with Crippen molar-refractivity contribution in [1.29, 1.82) is 0 Å². The lowest BCUT2D eigenvalue weighted by atomic mass is 10.1. The normalized spacial score (nSPS) is 17.7. The first kappa shape index (κ1) is 12.1. The number of nitrogens with zero attached hydrogens (tertiary/aromatic N) is 1. The van der Waals surface area contributed by atoms with E-state index in [2.05, 4.69) is 67.3 Å². The molecule has 0 bridgehead atoms. The summed E-state index contributed by atoms with van der Waals surface area (Å²) in [6, 6.07) is 11.1. The van der Waals surface area contributed by atoms with Gasteiger partial charge in [-0.25, -0.2) is 0 Å². The maximum atomic E-state index is 2.52. The summed E-state index contributed by atoms with van der Waals surface area (Å²) in [6.07, 6.45) is 7.99. The molecule has 0 atom stereocenters. The Hall–Kier alpha value is -1.34. The van der Waals surface area contributed by atoms with Gasteiger partial charge < -0.3 is 0 Å². The molecule has 17 heavy (non-hydrogen) atoms. The topological polar surface area (TPSA) is 3.24 Å². The van der Waals surface area contributed by atoms with Gasteiger partial charge in [0.05, 0.1) is 0 Å². The van der Waals surface area contributed by atoms with Gasteiger partial charge in [0.25, 0.3) is 0 Å². The summed E-state index contributed by atoms with van der Waals surface area (Å²) in [6.45, 7) is 6.81. The molecule has 0 unspecified atom stereocenters. The van der Waals surface area contributed by atoms with Crippen molar-refractivity contribution in [2.45, 2.75) is 26.3 Å². The van der Waals surface area contributed by atoms with Gasteiger partial charge in [-0.2, -0.15) is 0 Å². The Kier molecular flexibility index (Phi) is 4.16. The summed E-state index contributed by atoms with van der Waals surface area (Å²) >= 11 is 0. The van der Waals surface area contributed by atoms with Crippen molar-refractivity contribution in [2.75, 3.05) is 13.1 Å². The summed E-state index contributed by atoms with van der Waals surface area (Å²) < 4.78 is 0. The quantitative estimate of drug-likeness (QED) is 0.760. The third kappa shape index (κ3) is 3.57. The van der Waals surface area contributed by atoms with Gasteiger partial charge in [-0.3, -0.25) is 4.90 Å². The minimum Gasteiger partial charge on any atom is -0.296 e. The van der Waals surface area contributed by atoms with Crippen molar-refractivity contribution in [2.24, 2.45) is 0 Å². The molecule has 0 saturated heterocycles. The van der Waals surface area contributed by atoms with Gasteiger partial charge in [0.15, 0.2) is 0 Å². The second kappa shape index (κ2) is 5.83. The molecule has 0 radical (unpaired) electrons. The highest BCUT2D eigenvalue weighted by Crippen LogP contribution is 2.14. The van der Waals surface area contributed by atoms with Crippen LogP contribution < -0.4 is 0 Å². The van der Waals surface area contributed by atoms with E-state index in [0.717, 1.165) is 6.54 Å². The minimum atomic E-state index is 0.642. The number of benzene rings is 1. The smallest absolute Gasteiger partial charge is 0.0233 e. The van der Waals surface area contributed by atoms with Gasteiger partial charge in [-0.1, -0.05) is 48.6 Å². The second-order valence-corrected chi connectivity index (χ2v) is 4.88. The number of hydrogen-bond acceptors (Lipinski definition) is 1. The van der Waals surface area contributed by atoms with E-state index in [1.54, 1.807) is 0 Å². The molecule has 0 amide bonds. The number of hydrogen-bond donors (Lipinski definition) is 0. The SMILES string of the molecule is CC(C)N1CCC=C(C=Cc2ccccc2)C1. The van der Waals surface area contributed by atoms with Gasteiger partial charge in [-0.05, 0) is 31.4 Å². The molecule has 0 N–H and O–H groups in total. The van der Waals surface area contributed by atoms with E-state index < -0.39 is 0 Å². The summed E-state index contributed by atoms with van der Waals surface area (Å²) in [7, 11) is 0. The molecular formula is C16H21N.